The third-order valence-corrected chi connectivity index (χ3v) is 3.70. The molecule has 7 heteroatoms. The third kappa shape index (κ3) is 6.09. The number of carboxylic acid groups (broad SMARTS) is 1. The fourth-order valence-electron chi connectivity index (χ4n) is 2.70. The molecule has 0 saturated carbocycles. The topological polar surface area (TPSA) is 43.8 Å². The van der Waals surface area contributed by atoms with Gasteiger partial charge in [0, 0.05) is 12.1 Å². The maximum Gasteiger partial charge on any atom is 0.401 e. The van der Waals surface area contributed by atoms with Crippen molar-refractivity contribution in [3.8, 4) is 0 Å². The number of hydrogen-bond acceptors (Lipinski definition) is 3. The van der Waals surface area contributed by atoms with Crippen molar-refractivity contribution in [1.82, 2.24) is 9.80 Å². The SMILES string of the molecule is CC(C)N1CCCC(N(CC(=O)O)CC(F)(F)F)CC1. The Bertz CT molecular complexity index is 321. The Labute approximate surface area is 117 Å². The lowest BCUT2D eigenvalue weighted by Crippen LogP contribution is -2.45. The first-order valence-corrected chi connectivity index (χ1v) is 6.95. The maximum absolute atomic E-state index is 12.6. The molecule has 1 atom stereocenters. The van der Waals surface area contributed by atoms with Crippen LogP contribution in [0.25, 0.3) is 0 Å². The highest BCUT2D eigenvalue weighted by Crippen LogP contribution is 2.23. The lowest BCUT2D eigenvalue weighted by Gasteiger charge is -2.30. The molecule has 1 aliphatic heterocycles. The van der Waals surface area contributed by atoms with Gasteiger partial charge in [0.05, 0.1) is 13.1 Å². The van der Waals surface area contributed by atoms with Crippen LogP contribution < -0.4 is 0 Å². The average Bonchev–Trinajstić information content (AvgIpc) is 2.50. The molecule has 1 saturated heterocycles. The predicted octanol–water partition coefficient (Wildman–Crippen LogP) is 2.20. The molecule has 1 heterocycles. The van der Waals surface area contributed by atoms with Gasteiger partial charge in [-0.1, -0.05) is 0 Å². The van der Waals surface area contributed by atoms with Crippen molar-refractivity contribution in [2.24, 2.45) is 0 Å². The van der Waals surface area contributed by atoms with Crippen LogP contribution in [-0.4, -0.2) is 65.3 Å². The largest absolute Gasteiger partial charge is 0.480 e. The molecule has 118 valence electrons. The second-order valence-corrected chi connectivity index (χ2v) is 5.63. The quantitative estimate of drug-likeness (QED) is 0.844. The van der Waals surface area contributed by atoms with Gasteiger partial charge < -0.3 is 10.0 Å². The molecular weight excluding hydrogens is 273 g/mol. The molecule has 1 fully saturated rings. The van der Waals surface area contributed by atoms with E-state index in [4.69, 9.17) is 5.11 Å². The molecule has 20 heavy (non-hydrogen) atoms. The molecule has 0 spiro atoms. The Kier molecular flexibility index (Phi) is 6.26. The van der Waals surface area contributed by atoms with Gasteiger partial charge in [-0.2, -0.15) is 13.2 Å². The van der Waals surface area contributed by atoms with Gasteiger partial charge in [0.15, 0.2) is 0 Å². The highest BCUT2D eigenvalue weighted by atomic mass is 19.4. The Hall–Kier alpha value is -0.820. The fourth-order valence-corrected chi connectivity index (χ4v) is 2.70. The lowest BCUT2D eigenvalue weighted by atomic mass is 10.1. The lowest BCUT2D eigenvalue weighted by molar-refractivity contribution is -0.158. The summed E-state index contributed by atoms with van der Waals surface area (Å²) >= 11 is 0. The zero-order valence-electron chi connectivity index (χ0n) is 12.0. The minimum atomic E-state index is -4.36. The van der Waals surface area contributed by atoms with Crippen LogP contribution in [0.5, 0.6) is 0 Å². The van der Waals surface area contributed by atoms with Crippen molar-refractivity contribution >= 4 is 5.97 Å². The third-order valence-electron chi connectivity index (χ3n) is 3.70. The summed E-state index contributed by atoms with van der Waals surface area (Å²) < 4.78 is 37.7. The second-order valence-electron chi connectivity index (χ2n) is 5.63. The molecule has 0 aromatic heterocycles. The van der Waals surface area contributed by atoms with Gasteiger partial charge in [0.1, 0.15) is 0 Å². The first-order chi connectivity index (χ1) is 9.19. The number of likely N-dealkylation sites (tertiary alicyclic amines) is 1. The van der Waals surface area contributed by atoms with E-state index in [-0.39, 0.29) is 6.04 Å². The molecule has 1 N–H and O–H groups in total. The van der Waals surface area contributed by atoms with Gasteiger partial charge >= 0.3 is 12.1 Å². The van der Waals surface area contributed by atoms with Crippen LogP contribution in [0.15, 0.2) is 0 Å². The summed E-state index contributed by atoms with van der Waals surface area (Å²) in [7, 11) is 0. The van der Waals surface area contributed by atoms with Crippen LogP contribution >= 0.6 is 0 Å². The molecule has 0 aromatic carbocycles. The highest BCUT2D eigenvalue weighted by molar-refractivity contribution is 5.69. The van der Waals surface area contributed by atoms with Crippen LogP contribution in [0.3, 0.4) is 0 Å². The van der Waals surface area contributed by atoms with E-state index in [2.05, 4.69) is 18.7 Å². The number of carboxylic acids is 1. The van der Waals surface area contributed by atoms with Crippen molar-refractivity contribution in [3.05, 3.63) is 0 Å². The van der Waals surface area contributed by atoms with E-state index in [1.807, 2.05) is 0 Å². The fraction of sp³-hybridized carbons (Fsp3) is 0.923. The first-order valence-electron chi connectivity index (χ1n) is 6.95. The van der Waals surface area contributed by atoms with Crippen molar-refractivity contribution in [1.29, 1.82) is 0 Å². The maximum atomic E-state index is 12.6. The van der Waals surface area contributed by atoms with Gasteiger partial charge in [-0.15, -0.1) is 0 Å². The molecule has 0 radical (unpaired) electrons. The molecule has 0 bridgehead atoms. The normalized spacial score (nSPS) is 22.2. The number of halogens is 3. The summed E-state index contributed by atoms with van der Waals surface area (Å²) in [5, 5.41) is 8.80. The first kappa shape index (κ1) is 17.2. The number of aliphatic carboxylic acids is 1. The van der Waals surface area contributed by atoms with Gasteiger partial charge in [-0.05, 0) is 46.2 Å². The predicted molar refractivity (Wildman–Crippen MR) is 69.6 cm³/mol. The summed E-state index contributed by atoms with van der Waals surface area (Å²) in [6.07, 6.45) is -2.36. The van der Waals surface area contributed by atoms with Crippen LogP contribution in [0, 0.1) is 0 Å². The van der Waals surface area contributed by atoms with Crippen LogP contribution in [-0.2, 0) is 4.79 Å². The summed E-state index contributed by atoms with van der Waals surface area (Å²) in [5.74, 6) is -1.21. The highest BCUT2D eigenvalue weighted by Gasteiger charge is 2.35. The Morgan fingerprint density at radius 1 is 1.35 bits per heavy atom. The molecule has 1 aliphatic rings. The van der Waals surface area contributed by atoms with Crippen molar-refractivity contribution in [2.45, 2.75) is 51.4 Å². The van der Waals surface area contributed by atoms with Crippen LogP contribution in [0.1, 0.15) is 33.1 Å². The monoisotopic (exact) mass is 296 g/mol. The van der Waals surface area contributed by atoms with Gasteiger partial charge in [0.25, 0.3) is 0 Å². The summed E-state index contributed by atoms with van der Waals surface area (Å²) in [6.45, 7) is 4.00. The van der Waals surface area contributed by atoms with E-state index in [1.165, 1.54) is 0 Å². The van der Waals surface area contributed by atoms with E-state index in [0.717, 1.165) is 24.4 Å². The number of rotatable bonds is 5. The minimum absolute atomic E-state index is 0.309. The van der Waals surface area contributed by atoms with Gasteiger partial charge in [0.2, 0.25) is 0 Å². The number of nitrogens with zero attached hydrogens (tertiary/aromatic N) is 2. The Morgan fingerprint density at radius 3 is 2.50 bits per heavy atom. The van der Waals surface area contributed by atoms with E-state index in [1.54, 1.807) is 0 Å². The second kappa shape index (κ2) is 7.26. The molecule has 0 aromatic rings. The van der Waals surface area contributed by atoms with E-state index < -0.39 is 25.2 Å². The molecule has 0 amide bonds. The van der Waals surface area contributed by atoms with E-state index >= 15 is 0 Å². The molecule has 4 nitrogen and oxygen atoms in total. The summed E-state index contributed by atoms with van der Waals surface area (Å²) in [6, 6.07) is 0.0563. The molecule has 1 rings (SSSR count). The summed E-state index contributed by atoms with van der Waals surface area (Å²) in [4.78, 5) is 14.1. The number of carbonyl (C=O) groups is 1. The van der Waals surface area contributed by atoms with Crippen molar-refractivity contribution < 1.29 is 23.1 Å². The van der Waals surface area contributed by atoms with Crippen molar-refractivity contribution in [2.75, 3.05) is 26.2 Å². The molecule has 1 unspecified atom stereocenters. The number of alkyl halides is 3. The molecular formula is C13H23F3N2O2. The minimum Gasteiger partial charge on any atom is -0.480 e. The van der Waals surface area contributed by atoms with Crippen LogP contribution in [0.4, 0.5) is 13.2 Å². The smallest absolute Gasteiger partial charge is 0.401 e. The van der Waals surface area contributed by atoms with Crippen LogP contribution in [0.2, 0.25) is 0 Å². The molecule has 0 aliphatic carbocycles. The summed E-state index contributed by atoms with van der Waals surface area (Å²) in [5.41, 5.74) is 0. The van der Waals surface area contributed by atoms with Gasteiger partial charge in [-0.3, -0.25) is 9.69 Å². The van der Waals surface area contributed by atoms with Gasteiger partial charge in [-0.25, -0.2) is 0 Å². The Balaban J connectivity index is 2.67. The Morgan fingerprint density at radius 2 is 2.00 bits per heavy atom. The zero-order valence-corrected chi connectivity index (χ0v) is 12.0. The standard InChI is InChI=1S/C13H23F3N2O2/c1-10(2)17-6-3-4-11(5-7-17)18(8-12(19)20)9-13(14,15)16/h10-11H,3-9H2,1-2H3,(H,19,20). The van der Waals surface area contributed by atoms with Crippen molar-refractivity contribution in [3.63, 3.8) is 0 Å². The zero-order chi connectivity index (χ0) is 15.3. The average molecular weight is 296 g/mol. The van der Waals surface area contributed by atoms with E-state index in [0.29, 0.717) is 18.9 Å². The number of hydrogen-bond donors (Lipinski definition) is 1. The van der Waals surface area contributed by atoms with E-state index in [9.17, 15) is 18.0 Å².